The summed E-state index contributed by atoms with van der Waals surface area (Å²) >= 11 is 7.64. The number of aromatic nitrogens is 3. The summed E-state index contributed by atoms with van der Waals surface area (Å²) in [7, 11) is 0. The fourth-order valence-electron chi connectivity index (χ4n) is 2.14. The maximum atomic E-state index is 6.15. The standard InChI is InChI=1S/C12H13ClN4O2S/c1-20-12-16-15-11(14)17(12)4-7-2-9(13)3-8-5-18-6-19-10(7)8/h2-3H,4-6H2,1H3,(H2,14,15). The molecule has 1 aliphatic heterocycles. The predicted molar refractivity (Wildman–Crippen MR) is 77.1 cm³/mol. The minimum atomic E-state index is 0.245. The van der Waals surface area contributed by atoms with Gasteiger partial charge in [0.05, 0.1) is 13.2 Å². The van der Waals surface area contributed by atoms with Crippen molar-refractivity contribution >= 4 is 29.3 Å². The molecule has 20 heavy (non-hydrogen) atoms. The van der Waals surface area contributed by atoms with Gasteiger partial charge in [-0.2, -0.15) is 0 Å². The second-order valence-electron chi connectivity index (χ2n) is 4.29. The largest absolute Gasteiger partial charge is 0.467 e. The minimum Gasteiger partial charge on any atom is -0.467 e. The maximum absolute atomic E-state index is 6.15. The zero-order valence-electron chi connectivity index (χ0n) is 10.8. The molecule has 2 N–H and O–H groups in total. The van der Waals surface area contributed by atoms with Crippen LogP contribution in [0.5, 0.6) is 5.75 Å². The highest BCUT2D eigenvalue weighted by molar-refractivity contribution is 7.98. The van der Waals surface area contributed by atoms with Gasteiger partial charge in [-0.25, -0.2) is 0 Å². The first kappa shape index (κ1) is 13.5. The number of anilines is 1. The van der Waals surface area contributed by atoms with Crippen molar-refractivity contribution in [3.05, 3.63) is 28.3 Å². The van der Waals surface area contributed by atoms with Gasteiger partial charge in [-0.1, -0.05) is 23.4 Å². The number of hydrogen-bond acceptors (Lipinski definition) is 6. The molecule has 1 aromatic carbocycles. The molecule has 6 nitrogen and oxygen atoms in total. The first-order valence-electron chi connectivity index (χ1n) is 5.93. The van der Waals surface area contributed by atoms with E-state index in [0.717, 1.165) is 22.0 Å². The number of ether oxygens (including phenoxy) is 2. The molecule has 0 saturated carbocycles. The average Bonchev–Trinajstić information content (AvgIpc) is 2.79. The van der Waals surface area contributed by atoms with Gasteiger partial charge in [0.15, 0.2) is 11.9 Å². The molecule has 3 rings (SSSR count). The molecule has 2 heterocycles. The van der Waals surface area contributed by atoms with E-state index in [-0.39, 0.29) is 6.79 Å². The zero-order chi connectivity index (χ0) is 14.1. The third-order valence-corrected chi connectivity index (χ3v) is 3.89. The van der Waals surface area contributed by atoms with Crippen molar-refractivity contribution in [3.63, 3.8) is 0 Å². The Morgan fingerprint density at radius 1 is 1.45 bits per heavy atom. The smallest absolute Gasteiger partial charge is 0.223 e. The molecule has 1 aliphatic rings. The van der Waals surface area contributed by atoms with Gasteiger partial charge in [0.25, 0.3) is 0 Å². The molecule has 0 spiro atoms. The van der Waals surface area contributed by atoms with E-state index >= 15 is 0 Å². The molecule has 1 aromatic heterocycles. The Bertz CT molecular complexity index is 647. The Morgan fingerprint density at radius 3 is 3.10 bits per heavy atom. The van der Waals surface area contributed by atoms with Gasteiger partial charge in [-0.15, -0.1) is 10.2 Å². The van der Waals surface area contributed by atoms with Gasteiger partial charge in [0.1, 0.15) is 5.75 Å². The van der Waals surface area contributed by atoms with Crippen LogP contribution in [0.25, 0.3) is 0 Å². The van der Waals surface area contributed by atoms with Gasteiger partial charge < -0.3 is 15.2 Å². The monoisotopic (exact) mass is 312 g/mol. The first-order valence-corrected chi connectivity index (χ1v) is 7.54. The predicted octanol–water partition coefficient (Wildman–Crippen LogP) is 2.15. The van der Waals surface area contributed by atoms with E-state index in [2.05, 4.69) is 10.2 Å². The van der Waals surface area contributed by atoms with Crippen LogP contribution in [0.15, 0.2) is 17.3 Å². The van der Waals surface area contributed by atoms with Crippen molar-refractivity contribution in [1.82, 2.24) is 14.8 Å². The van der Waals surface area contributed by atoms with E-state index in [1.807, 2.05) is 23.0 Å². The summed E-state index contributed by atoms with van der Waals surface area (Å²) in [5, 5.41) is 9.30. The van der Waals surface area contributed by atoms with E-state index in [0.29, 0.717) is 24.1 Å². The van der Waals surface area contributed by atoms with E-state index in [1.165, 1.54) is 11.8 Å². The van der Waals surface area contributed by atoms with Crippen molar-refractivity contribution in [1.29, 1.82) is 0 Å². The van der Waals surface area contributed by atoms with Crippen molar-refractivity contribution in [2.24, 2.45) is 0 Å². The summed E-state index contributed by atoms with van der Waals surface area (Å²) in [4.78, 5) is 0. The molecule has 0 amide bonds. The Hall–Kier alpha value is -1.44. The van der Waals surface area contributed by atoms with E-state index < -0.39 is 0 Å². The Balaban J connectivity index is 2.02. The highest BCUT2D eigenvalue weighted by atomic mass is 35.5. The van der Waals surface area contributed by atoms with Crippen LogP contribution in [0.2, 0.25) is 5.02 Å². The molecule has 0 bridgehead atoms. The number of nitrogens with zero attached hydrogens (tertiary/aromatic N) is 3. The van der Waals surface area contributed by atoms with Crippen LogP contribution in [0.1, 0.15) is 11.1 Å². The lowest BCUT2D eigenvalue weighted by Crippen LogP contribution is -2.15. The summed E-state index contributed by atoms with van der Waals surface area (Å²) in [6.45, 7) is 1.25. The molecule has 106 valence electrons. The molecule has 2 aromatic rings. The highest BCUT2D eigenvalue weighted by Gasteiger charge is 2.18. The molecule has 0 unspecified atom stereocenters. The second-order valence-corrected chi connectivity index (χ2v) is 5.50. The maximum Gasteiger partial charge on any atom is 0.223 e. The van der Waals surface area contributed by atoms with Crippen LogP contribution >= 0.6 is 23.4 Å². The van der Waals surface area contributed by atoms with Gasteiger partial charge >= 0.3 is 0 Å². The molecule has 8 heteroatoms. The average molecular weight is 313 g/mol. The fraction of sp³-hybridized carbons (Fsp3) is 0.333. The van der Waals surface area contributed by atoms with E-state index in [9.17, 15) is 0 Å². The molecule has 0 fully saturated rings. The summed E-state index contributed by atoms with van der Waals surface area (Å²) < 4.78 is 12.7. The van der Waals surface area contributed by atoms with Crippen molar-refractivity contribution in [2.45, 2.75) is 18.3 Å². The summed E-state index contributed by atoms with van der Waals surface area (Å²) in [6, 6.07) is 3.72. The van der Waals surface area contributed by atoms with Gasteiger partial charge in [-0.05, 0) is 18.4 Å². The van der Waals surface area contributed by atoms with Crippen molar-refractivity contribution in [3.8, 4) is 5.75 Å². The fourth-order valence-corrected chi connectivity index (χ4v) is 2.91. The number of thioether (sulfide) groups is 1. The molecule has 0 saturated heterocycles. The van der Waals surface area contributed by atoms with Crippen LogP contribution in [-0.4, -0.2) is 27.8 Å². The van der Waals surface area contributed by atoms with Crippen molar-refractivity contribution < 1.29 is 9.47 Å². The number of halogens is 1. The third-order valence-electron chi connectivity index (χ3n) is 3.01. The lowest BCUT2D eigenvalue weighted by atomic mass is 10.1. The highest BCUT2D eigenvalue weighted by Crippen LogP contribution is 2.33. The van der Waals surface area contributed by atoms with E-state index in [4.69, 9.17) is 26.8 Å². The number of fused-ring (bicyclic) bond motifs is 1. The molecule has 0 atom stereocenters. The van der Waals surface area contributed by atoms with Crippen LogP contribution in [0, 0.1) is 0 Å². The van der Waals surface area contributed by atoms with Gasteiger partial charge in [-0.3, -0.25) is 4.57 Å². The number of nitrogen functional groups attached to an aromatic ring is 1. The second kappa shape index (κ2) is 5.51. The van der Waals surface area contributed by atoms with E-state index in [1.54, 1.807) is 0 Å². The third kappa shape index (κ3) is 2.44. The molecule has 0 radical (unpaired) electrons. The SMILES string of the molecule is CSc1nnc(N)n1Cc1cc(Cl)cc2c1OCOC2. The zero-order valence-corrected chi connectivity index (χ0v) is 12.4. The van der Waals surface area contributed by atoms with Gasteiger partial charge in [0, 0.05) is 16.1 Å². The number of benzene rings is 1. The quantitative estimate of drug-likeness (QED) is 0.875. The number of nitrogens with two attached hydrogens (primary N) is 1. The van der Waals surface area contributed by atoms with Crippen LogP contribution in [0.4, 0.5) is 5.95 Å². The Morgan fingerprint density at radius 2 is 2.30 bits per heavy atom. The van der Waals surface area contributed by atoms with Crippen LogP contribution in [0.3, 0.4) is 0 Å². The first-order chi connectivity index (χ1) is 9.69. The number of rotatable bonds is 3. The minimum absolute atomic E-state index is 0.245. The molecular formula is C12H13ClN4O2S. The Kier molecular flexibility index (Phi) is 3.73. The van der Waals surface area contributed by atoms with Crippen molar-refractivity contribution in [2.75, 3.05) is 18.8 Å². The van der Waals surface area contributed by atoms with Crippen LogP contribution < -0.4 is 10.5 Å². The van der Waals surface area contributed by atoms with Gasteiger partial charge in [0.2, 0.25) is 5.95 Å². The lowest BCUT2D eigenvalue weighted by molar-refractivity contribution is -0.0171. The lowest BCUT2D eigenvalue weighted by Gasteiger charge is -2.21. The summed E-state index contributed by atoms with van der Waals surface area (Å²) in [5.41, 5.74) is 7.74. The molecule has 0 aliphatic carbocycles. The topological polar surface area (TPSA) is 75.2 Å². The summed E-state index contributed by atoms with van der Waals surface area (Å²) in [5.74, 6) is 1.18. The molecular weight excluding hydrogens is 300 g/mol. The Labute approximate surface area is 125 Å². The summed E-state index contributed by atoms with van der Waals surface area (Å²) in [6.07, 6.45) is 1.93. The van der Waals surface area contributed by atoms with Crippen LogP contribution in [-0.2, 0) is 17.9 Å². The normalized spacial score (nSPS) is 13.9. The number of hydrogen-bond donors (Lipinski definition) is 1.